The summed E-state index contributed by atoms with van der Waals surface area (Å²) in [5, 5.41) is 2.99. The zero-order valence-electron chi connectivity index (χ0n) is 10.2. The van der Waals surface area contributed by atoms with Gasteiger partial charge in [0.15, 0.2) is 11.5 Å². The molecule has 0 bridgehead atoms. The van der Waals surface area contributed by atoms with Crippen LogP contribution in [0.3, 0.4) is 0 Å². The quantitative estimate of drug-likeness (QED) is 0.925. The van der Waals surface area contributed by atoms with Crippen LogP contribution in [0.15, 0.2) is 40.1 Å². The maximum atomic E-state index is 5.63. The number of rotatable bonds is 2. The van der Waals surface area contributed by atoms with Crippen molar-refractivity contribution >= 4 is 33.1 Å². The van der Waals surface area contributed by atoms with E-state index in [2.05, 4.69) is 36.2 Å². The third-order valence-corrected chi connectivity index (χ3v) is 3.32. The number of nitrogens with one attached hydrogen (secondary N) is 1. The molecule has 0 fully saturated rings. The zero-order valence-corrected chi connectivity index (χ0v) is 11.8. The maximum absolute atomic E-state index is 5.63. The van der Waals surface area contributed by atoms with Gasteiger partial charge in [0.05, 0.1) is 5.71 Å². The molecule has 19 heavy (non-hydrogen) atoms. The van der Waals surface area contributed by atoms with E-state index in [0.717, 1.165) is 15.7 Å². The highest BCUT2D eigenvalue weighted by Crippen LogP contribution is 2.34. The molecule has 1 aliphatic heterocycles. The van der Waals surface area contributed by atoms with Crippen LogP contribution in [-0.4, -0.2) is 29.3 Å². The van der Waals surface area contributed by atoms with Gasteiger partial charge in [-0.25, -0.2) is 9.98 Å². The molecule has 0 spiro atoms. The molecule has 0 radical (unpaired) electrons. The second kappa shape index (κ2) is 4.97. The minimum atomic E-state index is 0.412. The SMILES string of the molecule is CNc1ncnc2c1N=C(c1ccc(Br)cc1)CO2. The van der Waals surface area contributed by atoms with Crippen molar-refractivity contribution in [3.8, 4) is 5.88 Å². The van der Waals surface area contributed by atoms with E-state index in [1.807, 2.05) is 24.3 Å². The number of hydrogen-bond donors (Lipinski definition) is 1. The number of fused-ring (bicyclic) bond motifs is 1. The fourth-order valence-corrected chi connectivity index (χ4v) is 2.11. The number of nitrogens with zero attached hydrogens (tertiary/aromatic N) is 3. The van der Waals surface area contributed by atoms with Crippen LogP contribution in [0, 0.1) is 0 Å². The molecule has 0 unspecified atom stereocenters. The number of ether oxygens (including phenoxy) is 1. The van der Waals surface area contributed by atoms with Crippen LogP contribution in [0.25, 0.3) is 0 Å². The number of hydrogen-bond acceptors (Lipinski definition) is 5. The Labute approximate surface area is 118 Å². The maximum Gasteiger partial charge on any atom is 0.245 e. The van der Waals surface area contributed by atoms with Crippen molar-refractivity contribution in [2.75, 3.05) is 19.0 Å². The summed E-state index contributed by atoms with van der Waals surface area (Å²) in [7, 11) is 1.80. The van der Waals surface area contributed by atoms with E-state index in [-0.39, 0.29) is 0 Å². The Morgan fingerprint density at radius 2 is 2.00 bits per heavy atom. The number of anilines is 1. The Morgan fingerprint density at radius 1 is 1.21 bits per heavy atom. The summed E-state index contributed by atoms with van der Waals surface area (Å²) in [5.41, 5.74) is 2.54. The Bertz CT molecular complexity index is 640. The summed E-state index contributed by atoms with van der Waals surface area (Å²) in [6.07, 6.45) is 1.46. The minimum Gasteiger partial charge on any atom is -0.469 e. The van der Waals surface area contributed by atoms with Gasteiger partial charge in [0.25, 0.3) is 0 Å². The van der Waals surface area contributed by atoms with Crippen LogP contribution < -0.4 is 10.1 Å². The molecule has 6 heteroatoms. The molecular weight excluding hydrogens is 308 g/mol. The Morgan fingerprint density at radius 3 is 2.74 bits per heavy atom. The molecule has 0 aliphatic carbocycles. The van der Waals surface area contributed by atoms with E-state index in [4.69, 9.17) is 4.74 Å². The summed E-state index contributed by atoms with van der Waals surface area (Å²) in [5.74, 6) is 1.18. The van der Waals surface area contributed by atoms with Crippen LogP contribution in [-0.2, 0) is 0 Å². The third-order valence-electron chi connectivity index (χ3n) is 2.80. The monoisotopic (exact) mass is 318 g/mol. The number of aliphatic imine (C=N–C) groups is 1. The van der Waals surface area contributed by atoms with Gasteiger partial charge >= 0.3 is 0 Å². The molecule has 1 aliphatic rings. The number of halogens is 1. The van der Waals surface area contributed by atoms with Gasteiger partial charge in [-0.05, 0) is 17.7 Å². The summed E-state index contributed by atoms with van der Waals surface area (Å²) >= 11 is 3.42. The molecule has 0 amide bonds. The summed E-state index contributed by atoms with van der Waals surface area (Å²) in [6.45, 7) is 0.412. The lowest BCUT2D eigenvalue weighted by Gasteiger charge is -2.17. The highest BCUT2D eigenvalue weighted by Gasteiger charge is 2.19. The first-order valence-electron chi connectivity index (χ1n) is 5.77. The first-order chi connectivity index (χ1) is 9.28. The zero-order chi connectivity index (χ0) is 13.2. The Kier molecular flexibility index (Phi) is 3.16. The Balaban J connectivity index is 2.05. The van der Waals surface area contributed by atoms with Gasteiger partial charge in [-0.3, -0.25) is 0 Å². The average molecular weight is 319 g/mol. The van der Waals surface area contributed by atoms with Gasteiger partial charge in [0, 0.05) is 11.5 Å². The fraction of sp³-hybridized carbons (Fsp3) is 0.154. The lowest BCUT2D eigenvalue weighted by molar-refractivity contribution is 0.357. The van der Waals surface area contributed by atoms with Crippen molar-refractivity contribution in [2.24, 2.45) is 4.99 Å². The third kappa shape index (κ3) is 2.31. The van der Waals surface area contributed by atoms with E-state index < -0.39 is 0 Å². The van der Waals surface area contributed by atoms with Crippen molar-refractivity contribution in [3.05, 3.63) is 40.6 Å². The predicted molar refractivity (Wildman–Crippen MR) is 77.4 cm³/mol. The van der Waals surface area contributed by atoms with Gasteiger partial charge < -0.3 is 10.1 Å². The molecule has 1 N–H and O–H groups in total. The van der Waals surface area contributed by atoms with Crippen molar-refractivity contribution in [3.63, 3.8) is 0 Å². The van der Waals surface area contributed by atoms with Gasteiger partial charge in [0.1, 0.15) is 12.9 Å². The molecule has 3 rings (SSSR count). The molecule has 0 saturated carbocycles. The van der Waals surface area contributed by atoms with Gasteiger partial charge in [-0.2, -0.15) is 4.98 Å². The Hall–Kier alpha value is -1.95. The van der Waals surface area contributed by atoms with Gasteiger partial charge in [-0.1, -0.05) is 28.1 Å². The van der Waals surface area contributed by atoms with E-state index in [0.29, 0.717) is 24.0 Å². The predicted octanol–water partition coefficient (Wildman–Crippen LogP) is 2.79. The molecule has 5 nitrogen and oxygen atoms in total. The molecular formula is C13H11BrN4O. The summed E-state index contributed by atoms with van der Waals surface area (Å²) in [6, 6.07) is 7.96. The van der Waals surface area contributed by atoms with Crippen molar-refractivity contribution in [1.82, 2.24) is 9.97 Å². The average Bonchev–Trinajstić information content (AvgIpc) is 2.47. The summed E-state index contributed by atoms with van der Waals surface area (Å²) < 4.78 is 6.66. The van der Waals surface area contributed by atoms with Crippen LogP contribution in [0.5, 0.6) is 5.88 Å². The van der Waals surface area contributed by atoms with E-state index in [1.54, 1.807) is 7.05 Å². The normalized spacial score (nSPS) is 13.3. The van der Waals surface area contributed by atoms with Crippen LogP contribution >= 0.6 is 15.9 Å². The lowest BCUT2D eigenvalue weighted by Crippen LogP contribution is -2.17. The second-order valence-electron chi connectivity index (χ2n) is 3.98. The van der Waals surface area contributed by atoms with Crippen molar-refractivity contribution in [2.45, 2.75) is 0 Å². The number of benzene rings is 1. The van der Waals surface area contributed by atoms with Gasteiger partial charge in [0.2, 0.25) is 5.88 Å². The molecule has 2 aromatic rings. The van der Waals surface area contributed by atoms with Gasteiger partial charge in [-0.15, -0.1) is 0 Å². The fourth-order valence-electron chi connectivity index (χ4n) is 1.85. The molecule has 2 heterocycles. The largest absolute Gasteiger partial charge is 0.469 e. The minimum absolute atomic E-state index is 0.412. The molecule has 1 aromatic heterocycles. The second-order valence-corrected chi connectivity index (χ2v) is 4.90. The lowest BCUT2D eigenvalue weighted by atomic mass is 10.1. The van der Waals surface area contributed by atoms with E-state index in [9.17, 15) is 0 Å². The number of aromatic nitrogens is 2. The van der Waals surface area contributed by atoms with E-state index >= 15 is 0 Å². The van der Waals surface area contributed by atoms with Crippen molar-refractivity contribution in [1.29, 1.82) is 0 Å². The molecule has 0 atom stereocenters. The molecule has 1 aromatic carbocycles. The van der Waals surface area contributed by atoms with Crippen LogP contribution in [0.1, 0.15) is 5.56 Å². The topological polar surface area (TPSA) is 59.4 Å². The summed E-state index contributed by atoms with van der Waals surface area (Å²) in [4.78, 5) is 12.8. The van der Waals surface area contributed by atoms with Crippen LogP contribution in [0.2, 0.25) is 0 Å². The molecule has 96 valence electrons. The molecule has 0 saturated heterocycles. The van der Waals surface area contributed by atoms with Crippen LogP contribution in [0.4, 0.5) is 11.5 Å². The first-order valence-corrected chi connectivity index (χ1v) is 6.56. The highest BCUT2D eigenvalue weighted by molar-refractivity contribution is 9.10. The van der Waals surface area contributed by atoms with E-state index in [1.165, 1.54) is 6.33 Å². The smallest absolute Gasteiger partial charge is 0.245 e. The highest BCUT2D eigenvalue weighted by atomic mass is 79.9. The van der Waals surface area contributed by atoms with Crippen molar-refractivity contribution < 1.29 is 4.74 Å². The first kappa shape index (κ1) is 12.1. The standard InChI is InChI=1S/C13H11BrN4O/c1-15-12-11-13(17-7-16-12)19-6-10(18-11)8-2-4-9(14)5-3-8/h2-5,7H,6H2,1H3,(H,15,16,17).